The molecule has 0 aliphatic rings. The molecular weight excluding hydrogens is 148 g/mol. The van der Waals surface area contributed by atoms with Gasteiger partial charge in [0.25, 0.3) is 0 Å². The van der Waals surface area contributed by atoms with Crippen LogP contribution in [0.15, 0.2) is 24.3 Å². The number of aryl methyl sites for hydroxylation is 1. The molecule has 0 bridgehead atoms. The van der Waals surface area contributed by atoms with Crippen molar-refractivity contribution in [3.63, 3.8) is 0 Å². The lowest BCUT2D eigenvalue weighted by molar-refractivity contribution is 0.0939. The van der Waals surface area contributed by atoms with Gasteiger partial charge in [0.05, 0.1) is 0 Å². The minimum atomic E-state index is -2.84. The lowest BCUT2D eigenvalue weighted by Gasteiger charge is -2.03. The van der Waals surface area contributed by atoms with Gasteiger partial charge in [-0.1, -0.05) is 43.5 Å². The molecule has 64 valence electrons. The summed E-state index contributed by atoms with van der Waals surface area (Å²) in [6.07, 6.45) is 0. The monoisotopic (exact) mass is 168 g/mol. The number of Topliss-reactive ketones (excluding diaryl/α,β-unsaturated/α-hetero) is 1. The van der Waals surface area contributed by atoms with Crippen molar-refractivity contribution in [3.05, 3.63) is 35.4 Å². The maximum absolute atomic E-state index is 12.0. The number of carbonyl (C=O) groups excluding carboxylic acids is 1. The summed E-state index contributed by atoms with van der Waals surface area (Å²) in [5, 5.41) is 0. The molecule has 0 radical (unpaired) electrons. The fourth-order valence-corrected chi connectivity index (χ4v) is 0.884. The van der Waals surface area contributed by atoms with Crippen LogP contribution in [0.3, 0.4) is 0 Å². The molecule has 0 heterocycles. The Morgan fingerprint density at radius 2 is 1.92 bits per heavy atom. The highest BCUT2D eigenvalue weighted by molar-refractivity contribution is 5.97. The van der Waals surface area contributed by atoms with Crippen LogP contribution in [0.1, 0.15) is 37.8 Å². The van der Waals surface area contributed by atoms with Gasteiger partial charge in [-0.3, -0.25) is 4.79 Å². The van der Waals surface area contributed by atoms with E-state index in [1.165, 1.54) is 12.1 Å². The standard InChI is InChI=1S/C11H14O/c1-8(2)11(12)10-6-4-9(3)5-7-10/h4-8H,1-3H3/i1D3,2D3. The van der Waals surface area contributed by atoms with E-state index in [-0.39, 0.29) is 5.56 Å². The quantitative estimate of drug-likeness (QED) is 0.621. The van der Waals surface area contributed by atoms with Crippen LogP contribution in [0.2, 0.25) is 0 Å². The minimum Gasteiger partial charge on any atom is -0.294 e. The van der Waals surface area contributed by atoms with Crippen LogP contribution >= 0.6 is 0 Å². The second-order valence-electron chi connectivity index (χ2n) is 2.66. The number of benzene rings is 1. The topological polar surface area (TPSA) is 17.1 Å². The van der Waals surface area contributed by atoms with Gasteiger partial charge in [0.15, 0.2) is 5.78 Å². The van der Waals surface area contributed by atoms with Gasteiger partial charge in [0.2, 0.25) is 0 Å². The first-order chi connectivity index (χ1) is 8.03. The molecule has 0 aromatic heterocycles. The molecule has 12 heavy (non-hydrogen) atoms. The zero-order chi connectivity index (χ0) is 14.1. The van der Waals surface area contributed by atoms with E-state index in [2.05, 4.69) is 0 Å². The van der Waals surface area contributed by atoms with E-state index in [1.54, 1.807) is 12.1 Å². The molecule has 1 nitrogen and oxygen atoms in total. The predicted molar refractivity (Wildman–Crippen MR) is 50.3 cm³/mol. The Balaban J connectivity index is 3.16. The van der Waals surface area contributed by atoms with Gasteiger partial charge < -0.3 is 0 Å². The summed E-state index contributed by atoms with van der Waals surface area (Å²) < 4.78 is 43.3. The first-order valence-electron chi connectivity index (χ1n) is 6.64. The molecule has 1 heteroatoms. The largest absolute Gasteiger partial charge is 0.294 e. The van der Waals surface area contributed by atoms with Crippen molar-refractivity contribution >= 4 is 5.78 Å². The van der Waals surface area contributed by atoms with E-state index in [0.717, 1.165) is 5.56 Å². The minimum absolute atomic E-state index is 0.109. The van der Waals surface area contributed by atoms with Gasteiger partial charge in [0, 0.05) is 19.7 Å². The lowest BCUT2D eigenvalue weighted by Crippen LogP contribution is -2.06. The third-order valence-electron chi connectivity index (χ3n) is 1.60. The van der Waals surface area contributed by atoms with Crippen molar-refractivity contribution in [3.8, 4) is 0 Å². The van der Waals surface area contributed by atoms with Gasteiger partial charge in [0.1, 0.15) is 0 Å². The summed E-state index contributed by atoms with van der Waals surface area (Å²) in [4.78, 5) is 12.0. The fraction of sp³-hybridized carbons (Fsp3) is 0.364. The molecule has 0 unspecified atom stereocenters. The average molecular weight is 168 g/mol. The highest BCUT2D eigenvalue weighted by Crippen LogP contribution is 2.09. The van der Waals surface area contributed by atoms with Crippen LogP contribution in [0.25, 0.3) is 0 Å². The molecule has 0 atom stereocenters. The van der Waals surface area contributed by atoms with Crippen LogP contribution in [0, 0.1) is 12.8 Å². The van der Waals surface area contributed by atoms with Crippen molar-refractivity contribution in [1.82, 2.24) is 0 Å². The summed E-state index contributed by atoms with van der Waals surface area (Å²) in [6.45, 7) is -3.86. The third kappa shape index (κ3) is 1.94. The Labute approximate surface area is 81.8 Å². The van der Waals surface area contributed by atoms with E-state index in [4.69, 9.17) is 8.22 Å². The molecule has 0 N–H and O–H groups in total. The molecule has 1 aromatic rings. The van der Waals surface area contributed by atoms with Crippen LogP contribution in [0.4, 0.5) is 0 Å². The predicted octanol–water partition coefficient (Wildman–Crippen LogP) is 2.83. The summed E-state index contributed by atoms with van der Waals surface area (Å²) in [6, 6.07) is 6.18. The number of ketones is 1. The maximum Gasteiger partial charge on any atom is 0.165 e. The smallest absolute Gasteiger partial charge is 0.165 e. The first-order valence-corrected chi connectivity index (χ1v) is 3.64. The van der Waals surface area contributed by atoms with Crippen molar-refractivity contribution in [2.24, 2.45) is 5.92 Å². The summed E-state index contributed by atoms with van der Waals surface area (Å²) >= 11 is 0. The Morgan fingerprint density at radius 3 is 2.42 bits per heavy atom. The molecule has 0 aliphatic carbocycles. The van der Waals surface area contributed by atoms with E-state index in [9.17, 15) is 4.79 Å². The summed E-state index contributed by atoms with van der Waals surface area (Å²) in [5.41, 5.74) is 1.02. The number of hydrogen-bond acceptors (Lipinski definition) is 1. The van der Waals surface area contributed by atoms with Crippen molar-refractivity contribution in [2.75, 3.05) is 0 Å². The zero-order valence-corrected chi connectivity index (χ0v) is 6.79. The average Bonchev–Trinajstić information content (AvgIpc) is 2.13. The van der Waals surface area contributed by atoms with Crippen LogP contribution < -0.4 is 0 Å². The molecule has 0 saturated heterocycles. The van der Waals surface area contributed by atoms with Crippen molar-refractivity contribution in [1.29, 1.82) is 0 Å². The van der Waals surface area contributed by atoms with Crippen LogP contribution in [-0.2, 0) is 0 Å². The highest BCUT2D eigenvalue weighted by Gasteiger charge is 2.08. The van der Waals surface area contributed by atoms with Crippen molar-refractivity contribution < 1.29 is 13.0 Å². The molecule has 0 amide bonds. The van der Waals surface area contributed by atoms with Gasteiger partial charge in [-0.15, -0.1) is 0 Å². The Kier molecular flexibility index (Phi) is 1.10. The van der Waals surface area contributed by atoms with E-state index in [0.29, 0.717) is 0 Å². The molecular formula is C11H14O. The Bertz CT molecular complexity index is 414. The molecule has 0 aliphatic heterocycles. The van der Waals surface area contributed by atoms with Gasteiger partial charge in [-0.2, -0.15) is 0 Å². The van der Waals surface area contributed by atoms with Crippen LogP contribution in [0.5, 0.6) is 0 Å². The molecule has 1 aromatic carbocycles. The highest BCUT2D eigenvalue weighted by atomic mass is 16.1. The second kappa shape index (κ2) is 3.53. The molecule has 0 fully saturated rings. The Hall–Kier alpha value is -1.11. The van der Waals surface area contributed by atoms with E-state index in [1.807, 2.05) is 6.92 Å². The zero-order valence-electron chi connectivity index (χ0n) is 12.8. The SMILES string of the molecule is [2H]C([2H])([2H])C(C(=O)c1ccc(C)cc1)C([2H])([2H])[2H]. The third-order valence-corrected chi connectivity index (χ3v) is 1.60. The van der Waals surface area contributed by atoms with Crippen molar-refractivity contribution in [2.45, 2.75) is 20.6 Å². The van der Waals surface area contributed by atoms with Gasteiger partial charge >= 0.3 is 0 Å². The normalized spacial score (nSPS) is 19.8. The summed E-state index contributed by atoms with van der Waals surface area (Å²) in [5.74, 6) is -2.84. The number of carbonyl (C=O) groups is 1. The van der Waals surface area contributed by atoms with E-state index < -0.39 is 25.4 Å². The lowest BCUT2D eigenvalue weighted by atomic mass is 10.0. The van der Waals surface area contributed by atoms with Gasteiger partial charge in [-0.25, -0.2) is 0 Å². The Morgan fingerprint density at radius 1 is 1.33 bits per heavy atom. The second-order valence-corrected chi connectivity index (χ2v) is 2.66. The molecule has 1 rings (SSSR count). The fourth-order valence-electron chi connectivity index (χ4n) is 0.884. The first kappa shape index (κ1) is 3.73. The number of hydrogen-bond donors (Lipinski definition) is 0. The number of rotatable bonds is 2. The molecule has 0 spiro atoms. The van der Waals surface area contributed by atoms with Crippen LogP contribution in [-0.4, -0.2) is 5.78 Å². The van der Waals surface area contributed by atoms with E-state index >= 15 is 0 Å². The maximum atomic E-state index is 12.0. The van der Waals surface area contributed by atoms with Gasteiger partial charge in [-0.05, 0) is 6.92 Å². The summed E-state index contributed by atoms with van der Waals surface area (Å²) in [7, 11) is 0. The molecule has 0 saturated carbocycles.